The number of unbranched alkanes of at least 4 members (excludes halogenated alkanes) is 3. The summed E-state index contributed by atoms with van der Waals surface area (Å²) in [7, 11) is 1.77. The number of rotatable bonds is 9. The van der Waals surface area contributed by atoms with Crippen LogP contribution in [0.1, 0.15) is 70.6 Å². The first-order chi connectivity index (χ1) is 15.3. The number of phenols is 2. The lowest BCUT2D eigenvalue weighted by Gasteiger charge is -2.34. The number of hydrogen-bond donors (Lipinski definition) is 4. The Morgan fingerprint density at radius 3 is 2.12 bits per heavy atom. The van der Waals surface area contributed by atoms with Crippen LogP contribution in [0, 0.1) is 0 Å². The molecule has 1 aliphatic heterocycles. The van der Waals surface area contributed by atoms with Gasteiger partial charge in [0.05, 0.1) is 5.70 Å². The van der Waals surface area contributed by atoms with Crippen molar-refractivity contribution < 1.29 is 30.0 Å². The molecule has 0 saturated heterocycles. The van der Waals surface area contributed by atoms with Gasteiger partial charge in [-0.2, -0.15) is 0 Å². The third-order valence-corrected chi connectivity index (χ3v) is 5.67. The molecule has 1 heterocycles. The van der Waals surface area contributed by atoms with Gasteiger partial charge in [-0.15, -0.1) is 0 Å². The molecule has 0 aliphatic carbocycles. The van der Waals surface area contributed by atoms with E-state index in [-0.39, 0.29) is 31.0 Å². The molecule has 33 heavy (non-hydrogen) atoms. The van der Waals surface area contributed by atoms with Crippen molar-refractivity contribution in [2.45, 2.75) is 38.8 Å². The molecule has 2 aromatic carbocycles. The van der Waals surface area contributed by atoms with Crippen LogP contribution in [0.5, 0.6) is 11.5 Å². The highest BCUT2D eigenvalue weighted by atomic mass is 16.4. The van der Waals surface area contributed by atoms with Gasteiger partial charge >= 0.3 is 11.9 Å². The Morgan fingerprint density at radius 1 is 0.909 bits per heavy atom. The van der Waals surface area contributed by atoms with Gasteiger partial charge in [-0.1, -0.05) is 50.5 Å². The van der Waals surface area contributed by atoms with Crippen LogP contribution in [0.3, 0.4) is 0 Å². The van der Waals surface area contributed by atoms with Gasteiger partial charge in [0.2, 0.25) is 0 Å². The maximum Gasteiger partial charge on any atom is 0.340 e. The SMILES string of the molecule is CCCCCCN1C(c2cccc(O)c2C(=O)O)=CN(C)C1c1cccc(O)c1C(=O)O.[B]. The van der Waals surface area contributed by atoms with E-state index >= 15 is 0 Å². The predicted octanol–water partition coefficient (Wildman–Crippen LogP) is 3.94. The van der Waals surface area contributed by atoms with Gasteiger partial charge in [-0.25, -0.2) is 9.59 Å². The standard InChI is InChI=1S/C24H28N2O6.B/c1-3-4-5-6-13-26-17(15-9-7-11-18(27)20(15)23(29)30)14-25(2)22(26)16-10-8-12-19(28)21(16)24(31)32;/h7-12,14,22,27-28H,3-6,13H2,1-2H3,(H,29,30)(H,31,32);. The molecule has 1 unspecified atom stereocenters. The van der Waals surface area contributed by atoms with Gasteiger partial charge in [0, 0.05) is 39.3 Å². The summed E-state index contributed by atoms with van der Waals surface area (Å²) in [6, 6.07) is 9.12. The van der Waals surface area contributed by atoms with Crippen LogP contribution in [0.25, 0.3) is 5.70 Å². The highest BCUT2D eigenvalue weighted by Crippen LogP contribution is 2.43. The molecule has 0 amide bonds. The number of nitrogens with zero attached hydrogens (tertiary/aromatic N) is 2. The van der Waals surface area contributed by atoms with Crippen LogP contribution in [0.15, 0.2) is 42.6 Å². The maximum atomic E-state index is 11.9. The van der Waals surface area contributed by atoms with Gasteiger partial charge in [0.25, 0.3) is 0 Å². The number of aromatic carboxylic acids is 2. The molecule has 0 fully saturated rings. The zero-order valence-electron chi connectivity index (χ0n) is 18.7. The van der Waals surface area contributed by atoms with Gasteiger partial charge in [-0.05, 0) is 18.6 Å². The molecule has 9 heteroatoms. The smallest absolute Gasteiger partial charge is 0.340 e. The highest BCUT2D eigenvalue weighted by molar-refractivity contribution is 5.97. The van der Waals surface area contributed by atoms with Crippen molar-refractivity contribution >= 4 is 26.0 Å². The fourth-order valence-electron chi connectivity index (χ4n) is 4.24. The minimum Gasteiger partial charge on any atom is -0.507 e. The van der Waals surface area contributed by atoms with Crippen LogP contribution in [-0.4, -0.2) is 64.2 Å². The normalized spacial score (nSPS) is 15.2. The minimum absolute atomic E-state index is 0. The fourth-order valence-corrected chi connectivity index (χ4v) is 4.24. The van der Waals surface area contributed by atoms with Crippen LogP contribution in [0.2, 0.25) is 0 Å². The third-order valence-electron chi connectivity index (χ3n) is 5.67. The zero-order chi connectivity index (χ0) is 23.4. The second-order valence-corrected chi connectivity index (χ2v) is 7.86. The Morgan fingerprint density at radius 2 is 1.52 bits per heavy atom. The van der Waals surface area contributed by atoms with Crippen LogP contribution >= 0.6 is 0 Å². The first-order valence-corrected chi connectivity index (χ1v) is 10.6. The van der Waals surface area contributed by atoms with E-state index in [2.05, 4.69) is 6.92 Å². The summed E-state index contributed by atoms with van der Waals surface area (Å²) in [6.45, 7) is 2.65. The van der Waals surface area contributed by atoms with Crippen LogP contribution in [-0.2, 0) is 0 Å². The van der Waals surface area contributed by atoms with Crippen LogP contribution < -0.4 is 0 Å². The summed E-state index contributed by atoms with van der Waals surface area (Å²) >= 11 is 0. The number of carboxylic acid groups (broad SMARTS) is 2. The van der Waals surface area contributed by atoms with Crippen molar-refractivity contribution in [2.24, 2.45) is 0 Å². The molecule has 0 bridgehead atoms. The van der Waals surface area contributed by atoms with E-state index < -0.39 is 18.1 Å². The number of hydrogen-bond acceptors (Lipinski definition) is 6. The van der Waals surface area contributed by atoms with E-state index in [1.807, 2.05) is 4.90 Å². The molecular formula is C24H28BN2O6. The van der Waals surface area contributed by atoms with Crippen molar-refractivity contribution in [3.05, 3.63) is 64.9 Å². The Hall–Kier alpha value is -3.62. The number of benzene rings is 2. The average molecular weight is 451 g/mol. The first-order valence-electron chi connectivity index (χ1n) is 10.6. The van der Waals surface area contributed by atoms with E-state index in [4.69, 9.17) is 0 Å². The maximum absolute atomic E-state index is 11.9. The largest absolute Gasteiger partial charge is 0.507 e. The molecule has 173 valence electrons. The molecule has 3 radical (unpaired) electrons. The van der Waals surface area contributed by atoms with E-state index in [1.54, 1.807) is 42.4 Å². The van der Waals surface area contributed by atoms with Crippen molar-refractivity contribution in [1.82, 2.24) is 9.80 Å². The van der Waals surface area contributed by atoms with Crippen molar-refractivity contribution in [2.75, 3.05) is 13.6 Å². The summed E-state index contributed by atoms with van der Waals surface area (Å²) in [5, 5.41) is 39.9. The molecule has 0 saturated carbocycles. The summed E-state index contributed by atoms with van der Waals surface area (Å²) in [6.07, 6.45) is 5.08. The topological polar surface area (TPSA) is 122 Å². The summed E-state index contributed by atoms with van der Waals surface area (Å²) in [4.78, 5) is 27.6. The molecule has 2 aromatic rings. The molecule has 1 atom stereocenters. The predicted molar refractivity (Wildman–Crippen MR) is 125 cm³/mol. The molecule has 0 aromatic heterocycles. The summed E-state index contributed by atoms with van der Waals surface area (Å²) < 4.78 is 0. The molecule has 1 aliphatic rings. The third kappa shape index (κ3) is 5.08. The van der Waals surface area contributed by atoms with Gasteiger partial charge in [0.1, 0.15) is 28.8 Å². The van der Waals surface area contributed by atoms with Gasteiger partial charge in [0.15, 0.2) is 0 Å². The Labute approximate surface area is 195 Å². The lowest BCUT2D eigenvalue weighted by atomic mass is 10.00. The second-order valence-electron chi connectivity index (χ2n) is 7.86. The Balaban J connectivity index is 0.00000385. The molecule has 8 nitrogen and oxygen atoms in total. The number of aromatic hydroxyl groups is 2. The number of carboxylic acids is 2. The van der Waals surface area contributed by atoms with Crippen molar-refractivity contribution in [3.8, 4) is 11.5 Å². The zero-order valence-corrected chi connectivity index (χ0v) is 18.7. The van der Waals surface area contributed by atoms with Crippen molar-refractivity contribution in [1.29, 1.82) is 0 Å². The lowest BCUT2D eigenvalue weighted by Crippen LogP contribution is -2.32. The monoisotopic (exact) mass is 451 g/mol. The van der Waals surface area contributed by atoms with Gasteiger partial charge in [-0.3, -0.25) is 0 Å². The Kier molecular flexibility index (Phi) is 8.40. The van der Waals surface area contributed by atoms with Gasteiger partial charge < -0.3 is 30.2 Å². The molecule has 0 spiro atoms. The minimum atomic E-state index is -1.25. The number of carbonyl (C=O) groups is 2. The van der Waals surface area contributed by atoms with Crippen molar-refractivity contribution in [3.63, 3.8) is 0 Å². The fraction of sp³-hybridized carbons (Fsp3) is 0.333. The molecule has 3 rings (SSSR count). The molecule has 4 N–H and O–H groups in total. The first kappa shape index (κ1) is 25.6. The van der Waals surface area contributed by atoms with E-state index in [0.29, 0.717) is 23.4 Å². The highest BCUT2D eigenvalue weighted by Gasteiger charge is 2.36. The summed E-state index contributed by atoms with van der Waals surface area (Å²) in [5.41, 5.74) is 0.924. The quantitative estimate of drug-likeness (QED) is 0.334. The Bertz CT molecular complexity index is 1060. The average Bonchev–Trinajstić information content (AvgIpc) is 3.06. The van der Waals surface area contributed by atoms with E-state index in [1.165, 1.54) is 12.1 Å². The second kappa shape index (κ2) is 10.8. The van der Waals surface area contributed by atoms with E-state index in [9.17, 15) is 30.0 Å². The lowest BCUT2D eigenvalue weighted by molar-refractivity contribution is 0.0679. The van der Waals surface area contributed by atoms with Crippen LogP contribution in [0.4, 0.5) is 0 Å². The van der Waals surface area contributed by atoms with E-state index in [0.717, 1.165) is 25.7 Å². The molecular weight excluding hydrogens is 423 g/mol. The summed E-state index contributed by atoms with van der Waals surface area (Å²) in [5.74, 6) is -3.16.